The molecule has 5 heteroatoms. The summed E-state index contributed by atoms with van der Waals surface area (Å²) in [6.45, 7) is 1.88. The number of phenolic OH excluding ortho intramolecular Hbond substituents is 1. The van der Waals surface area contributed by atoms with Crippen molar-refractivity contribution < 1.29 is 19.7 Å². The van der Waals surface area contributed by atoms with Crippen LogP contribution in [0.3, 0.4) is 0 Å². The van der Waals surface area contributed by atoms with Gasteiger partial charge in [0.05, 0.1) is 11.1 Å². The number of rotatable bonds is 3. The molecule has 4 nitrogen and oxygen atoms in total. The number of aliphatic hydroxyl groups excluding tert-OH is 1. The minimum Gasteiger partial charge on any atom is -0.507 e. The highest BCUT2D eigenvalue weighted by atomic mass is 79.9. The Labute approximate surface area is 95.6 Å². The standard InChI is InChI=1S/C10H11BrO4/c1-2-15-10(14)9(13)6-3-4-8(12)7(11)5-6/h3-5,9,12-13H,2H2,1H3. The van der Waals surface area contributed by atoms with E-state index in [0.29, 0.717) is 10.0 Å². The molecule has 1 aromatic rings. The zero-order chi connectivity index (χ0) is 11.4. The first-order valence-corrected chi connectivity index (χ1v) is 5.18. The quantitative estimate of drug-likeness (QED) is 0.825. The van der Waals surface area contributed by atoms with E-state index >= 15 is 0 Å². The third-order valence-electron chi connectivity index (χ3n) is 1.80. The zero-order valence-corrected chi connectivity index (χ0v) is 9.69. The van der Waals surface area contributed by atoms with Crippen LogP contribution in [0.2, 0.25) is 0 Å². The van der Waals surface area contributed by atoms with Gasteiger partial charge in [-0.05, 0) is 40.5 Å². The Morgan fingerprint density at radius 3 is 2.80 bits per heavy atom. The van der Waals surface area contributed by atoms with Crippen LogP contribution in [0.4, 0.5) is 0 Å². The minimum absolute atomic E-state index is 0.0507. The number of halogens is 1. The lowest BCUT2D eigenvalue weighted by Gasteiger charge is -2.10. The molecule has 0 spiro atoms. The Morgan fingerprint density at radius 1 is 1.60 bits per heavy atom. The third-order valence-corrected chi connectivity index (χ3v) is 2.43. The van der Waals surface area contributed by atoms with Crippen LogP contribution >= 0.6 is 15.9 Å². The lowest BCUT2D eigenvalue weighted by Crippen LogP contribution is -2.15. The van der Waals surface area contributed by atoms with Crippen LogP contribution in [0.5, 0.6) is 5.75 Å². The van der Waals surface area contributed by atoms with Gasteiger partial charge in [-0.3, -0.25) is 0 Å². The second-order valence-corrected chi connectivity index (χ2v) is 3.72. The van der Waals surface area contributed by atoms with E-state index in [2.05, 4.69) is 20.7 Å². The van der Waals surface area contributed by atoms with Crippen molar-refractivity contribution in [3.8, 4) is 5.75 Å². The number of hydrogen-bond donors (Lipinski definition) is 2. The van der Waals surface area contributed by atoms with Crippen LogP contribution in [0.1, 0.15) is 18.6 Å². The van der Waals surface area contributed by atoms with Gasteiger partial charge in [0.15, 0.2) is 6.10 Å². The number of aliphatic hydroxyl groups is 1. The molecule has 82 valence electrons. The first kappa shape index (κ1) is 12.0. The molecule has 0 radical (unpaired) electrons. The highest BCUT2D eigenvalue weighted by molar-refractivity contribution is 9.10. The van der Waals surface area contributed by atoms with Gasteiger partial charge in [-0.1, -0.05) is 6.07 Å². The molecule has 15 heavy (non-hydrogen) atoms. The number of carbonyl (C=O) groups is 1. The van der Waals surface area contributed by atoms with Crippen molar-refractivity contribution in [3.05, 3.63) is 28.2 Å². The van der Waals surface area contributed by atoms with Crippen LogP contribution in [0.25, 0.3) is 0 Å². The van der Waals surface area contributed by atoms with E-state index in [1.54, 1.807) is 6.92 Å². The van der Waals surface area contributed by atoms with Gasteiger partial charge in [-0.25, -0.2) is 4.79 Å². The SMILES string of the molecule is CCOC(=O)C(O)c1ccc(O)c(Br)c1. The minimum atomic E-state index is -1.32. The summed E-state index contributed by atoms with van der Waals surface area (Å²) in [7, 11) is 0. The van der Waals surface area contributed by atoms with Crippen molar-refractivity contribution in [2.45, 2.75) is 13.0 Å². The average molecular weight is 275 g/mol. The van der Waals surface area contributed by atoms with Crippen LogP contribution in [0, 0.1) is 0 Å². The lowest BCUT2D eigenvalue weighted by molar-refractivity contribution is -0.153. The number of aromatic hydroxyl groups is 1. The van der Waals surface area contributed by atoms with Crippen molar-refractivity contribution in [1.82, 2.24) is 0 Å². The predicted octanol–water partition coefficient (Wildman–Crippen LogP) is 1.75. The number of esters is 1. The summed E-state index contributed by atoms with van der Waals surface area (Å²) in [5.74, 6) is -0.648. The van der Waals surface area contributed by atoms with Crippen molar-refractivity contribution in [3.63, 3.8) is 0 Å². The van der Waals surface area contributed by atoms with Gasteiger partial charge in [-0.15, -0.1) is 0 Å². The predicted molar refractivity (Wildman–Crippen MR) is 57.4 cm³/mol. The van der Waals surface area contributed by atoms with E-state index in [1.807, 2.05) is 0 Å². The Morgan fingerprint density at radius 2 is 2.27 bits per heavy atom. The number of benzene rings is 1. The van der Waals surface area contributed by atoms with Gasteiger partial charge in [0.25, 0.3) is 0 Å². The van der Waals surface area contributed by atoms with E-state index in [9.17, 15) is 15.0 Å². The maximum atomic E-state index is 11.2. The summed E-state index contributed by atoms with van der Waals surface area (Å²) in [5, 5.41) is 18.8. The fourth-order valence-corrected chi connectivity index (χ4v) is 1.45. The van der Waals surface area contributed by atoms with Gasteiger partial charge >= 0.3 is 5.97 Å². The summed E-state index contributed by atoms with van der Waals surface area (Å²) in [4.78, 5) is 11.2. The van der Waals surface area contributed by atoms with E-state index in [0.717, 1.165) is 0 Å². The molecule has 0 aliphatic rings. The van der Waals surface area contributed by atoms with Gasteiger partial charge in [0.2, 0.25) is 0 Å². The molecule has 0 amide bonds. The van der Waals surface area contributed by atoms with Gasteiger partial charge < -0.3 is 14.9 Å². The first-order chi connectivity index (χ1) is 7.06. The van der Waals surface area contributed by atoms with E-state index in [-0.39, 0.29) is 12.4 Å². The molecule has 0 aliphatic heterocycles. The van der Waals surface area contributed by atoms with Crippen LogP contribution in [-0.2, 0) is 9.53 Å². The summed E-state index contributed by atoms with van der Waals surface area (Å²) < 4.78 is 5.08. The van der Waals surface area contributed by atoms with Crippen molar-refractivity contribution in [2.75, 3.05) is 6.61 Å². The Kier molecular flexibility index (Phi) is 4.11. The van der Waals surface area contributed by atoms with Crippen LogP contribution in [-0.4, -0.2) is 22.8 Å². The topological polar surface area (TPSA) is 66.8 Å². The van der Waals surface area contributed by atoms with Crippen molar-refractivity contribution in [2.24, 2.45) is 0 Å². The van der Waals surface area contributed by atoms with E-state index in [1.165, 1.54) is 18.2 Å². The summed E-state index contributed by atoms with van der Waals surface area (Å²) in [5.41, 5.74) is 0.373. The Bertz CT molecular complexity index is 364. The van der Waals surface area contributed by atoms with Gasteiger partial charge in [0.1, 0.15) is 5.75 Å². The summed E-state index contributed by atoms with van der Waals surface area (Å²) >= 11 is 3.09. The average Bonchev–Trinajstić information content (AvgIpc) is 2.21. The van der Waals surface area contributed by atoms with E-state index in [4.69, 9.17) is 0 Å². The number of hydrogen-bond acceptors (Lipinski definition) is 4. The fraction of sp³-hybridized carbons (Fsp3) is 0.300. The molecule has 1 atom stereocenters. The first-order valence-electron chi connectivity index (χ1n) is 4.39. The zero-order valence-electron chi connectivity index (χ0n) is 8.11. The number of carbonyl (C=O) groups excluding carboxylic acids is 1. The second kappa shape index (κ2) is 5.14. The van der Waals surface area contributed by atoms with Gasteiger partial charge in [0, 0.05) is 0 Å². The van der Waals surface area contributed by atoms with Crippen molar-refractivity contribution >= 4 is 21.9 Å². The number of phenols is 1. The highest BCUT2D eigenvalue weighted by Crippen LogP contribution is 2.27. The summed E-state index contributed by atoms with van der Waals surface area (Å²) in [6.07, 6.45) is -1.32. The molecule has 0 aromatic heterocycles. The molecule has 0 bridgehead atoms. The highest BCUT2D eigenvalue weighted by Gasteiger charge is 2.19. The molecule has 0 fully saturated rings. The molecule has 1 unspecified atom stereocenters. The smallest absolute Gasteiger partial charge is 0.339 e. The Hall–Kier alpha value is -1.07. The van der Waals surface area contributed by atoms with Crippen LogP contribution < -0.4 is 0 Å². The maximum absolute atomic E-state index is 11.2. The van der Waals surface area contributed by atoms with Gasteiger partial charge in [-0.2, -0.15) is 0 Å². The molecule has 2 N–H and O–H groups in total. The third kappa shape index (κ3) is 2.94. The lowest BCUT2D eigenvalue weighted by atomic mass is 10.1. The maximum Gasteiger partial charge on any atom is 0.339 e. The molecule has 0 saturated carbocycles. The molecule has 1 rings (SSSR count). The van der Waals surface area contributed by atoms with Crippen molar-refractivity contribution in [1.29, 1.82) is 0 Å². The molecule has 1 aromatic carbocycles. The molecule has 0 saturated heterocycles. The molecular weight excluding hydrogens is 264 g/mol. The normalized spacial score (nSPS) is 12.2. The molecule has 0 aliphatic carbocycles. The molecular formula is C10H11BrO4. The Balaban J connectivity index is 2.86. The second-order valence-electron chi connectivity index (χ2n) is 2.87. The fourth-order valence-electron chi connectivity index (χ4n) is 1.05. The van der Waals surface area contributed by atoms with E-state index < -0.39 is 12.1 Å². The summed E-state index contributed by atoms with van der Waals surface area (Å²) in [6, 6.07) is 4.32. The number of ether oxygens (including phenoxy) is 1. The largest absolute Gasteiger partial charge is 0.507 e. The molecule has 0 heterocycles. The monoisotopic (exact) mass is 274 g/mol. The van der Waals surface area contributed by atoms with Crippen LogP contribution in [0.15, 0.2) is 22.7 Å².